The third kappa shape index (κ3) is 5.77. The minimum Gasteiger partial charge on any atom is -0.366 e. The van der Waals surface area contributed by atoms with Crippen LogP contribution in [0.2, 0.25) is 0 Å². The fraction of sp³-hybridized carbons (Fsp3) is 0.500. The van der Waals surface area contributed by atoms with Crippen molar-refractivity contribution in [3.05, 3.63) is 29.8 Å². The predicted octanol–water partition coefficient (Wildman–Crippen LogP) is 1.94. The van der Waals surface area contributed by atoms with Crippen LogP contribution < -0.4 is 16.4 Å². The number of nitrogens with one attached hydrogen (secondary N) is 2. The highest BCUT2D eigenvalue weighted by Crippen LogP contribution is 2.14. The summed E-state index contributed by atoms with van der Waals surface area (Å²) < 4.78 is 0. The van der Waals surface area contributed by atoms with E-state index in [1.165, 1.54) is 0 Å². The van der Waals surface area contributed by atoms with Gasteiger partial charge < -0.3 is 21.3 Å². The lowest BCUT2D eigenvalue weighted by atomic mass is 10.0. The number of rotatable bonds is 5. The molecule has 7 nitrogen and oxygen atoms in total. The Balaban J connectivity index is 1.76. The van der Waals surface area contributed by atoms with E-state index in [1.54, 1.807) is 24.3 Å². The summed E-state index contributed by atoms with van der Waals surface area (Å²) in [5.74, 6) is 0.0392. The van der Waals surface area contributed by atoms with Crippen LogP contribution in [0.4, 0.5) is 10.5 Å². The number of hydrogen-bond acceptors (Lipinski definition) is 3. The standard InChI is InChI=1S/C18H26N4O3/c1-12(2)11-16(23)22-9-7-15(8-10-22)21-18(25)20-14-5-3-13(4-6-14)17(19)24/h3-6,12,15H,7-11H2,1-2H3,(H2,19,24)(H2,20,21,25). The lowest BCUT2D eigenvalue weighted by molar-refractivity contribution is -0.133. The van der Waals surface area contributed by atoms with Gasteiger partial charge in [0.2, 0.25) is 11.8 Å². The molecule has 4 N–H and O–H groups in total. The van der Waals surface area contributed by atoms with E-state index in [0.29, 0.717) is 36.7 Å². The smallest absolute Gasteiger partial charge is 0.319 e. The summed E-state index contributed by atoms with van der Waals surface area (Å²) in [5.41, 5.74) is 6.16. The molecule has 7 heteroatoms. The minimum absolute atomic E-state index is 0.0491. The second kappa shape index (κ2) is 8.50. The van der Waals surface area contributed by atoms with Crippen LogP contribution in [0.3, 0.4) is 0 Å². The number of benzene rings is 1. The average Bonchev–Trinajstić information content (AvgIpc) is 2.55. The lowest BCUT2D eigenvalue weighted by Gasteiger charge is -2.32. The summed E-state index contributed by atoms with van der Waals surface area (Å²) in [6.07, 6.45) is 2.07. The Kier molecular flexibility index (Phi) is 6.38. The zero-order valence-corrected chi connectivity index (χ0v) is 14.7. The van der Waals surface area contributed by atoms with Gasteiger partial charge in [0, 0.05) is 36.8 Å². The molecule has 1 fully saturated rings. The number of nitrogens with two attached hydrogens (primary N) is 1. The molecule has 1 aromatic rings. The Bertz CT molecular complexity index is 620. The number of piperidine rings is 1. The number of likely N-dealkylation sites (tertiary alicyclic amines) is 1. The van der Waals surface area contributed by atoms with Gasteiger partial charge >= 0.3 is 6.03 Å². The third-order valence-electron chi connectivity index (χ3n) is 4.19. The van der Waals surface area contributed by atoms with Gasteiger partial charge in [0.05, 0.1) is 0 Å². The highest BCUT2D eigenvalue weighted by atomic mass is 16.2. The van der Waals surface area contributed by atoms with Crippen LogP contribution in [0.1, 0.15) is 43.5 Å². The Morgan fingerprint density at radius 1 is 1.16 bits per heavy atom. The number of hydrogen-bond donors (Lipinski definition) is 3. The summed E-state index contributed by atoms with van der Waals surface area (Å²) in [4.78, 5) is 37.0. The molecule has 0 aliphatic carbocycles. The Labute approximate surface area is 147 Å². The maximum Gasteiger partial charge on any atom is 0.319 e. The molecule has 1 aliphatic rings. The van der Waals surface area contributed by atoms with Gasteiger partial charge in [-0.3, -0.25) is 9.59 Å². The molecular weight excluding hydrogens is 320 g/mol. The molecule has 0 bridgehead atoms. The first kappa shape index (κ1) is 18.8. The summed E-state index contributed by atoms with van der Waals surface area (Å²) >= 11 is 0. The molecule has 0 unspecified atom stereocenters. The first-order valence-corrected chi connectivity index (χ1v) is 8.60. The monoisotopic (exact) mass is 346 g/mol. The van der Waals surface area contributed by atoms with Crippen molar-refractivity contribution in [3.63, 3.8) is 0 Å². The first-order valence-electron chi connectivity index (χ1n) is 8.60. The number of urea groups is 1. The fourth-order valence-electron chi connectivity index (χ4n) is 2.82. The van der Waals surface area contributed by atoms with Crippen molar-refractivity contribution in [3.8, 4) is 0 Å². The number of primary amides is 1. The number of amides is 4. The van der Waals surface area contributed by atoms with Crippen LogP contribution in [-0.4, -0.2) is 41.9 Å². The van der Waals surface area contributed by atoms with E-state index >= 15 is 0 Å². The van der Waals surface area contributed by atoms with Crippen LogP contribution in [0.5, 0.6) is 0 Å². The maximum atomic E-state index is 12.1. The van der Waals surface area contributed by atoms with E-state index in [1.807, 2.05) is 18.7 Å². The first-order chi connectivity index (χ1) is 11.8. The molecule has 0 spiro atoms. The Morgan fingerprint density at radius 2 is 1.76 bits per heavy atom. The van der Waals surface area contributed by atoms with Crippen molar-refractivity contribution in [1.29, 1.82) is 0 Å². The van der Waals surface area contributed by atoms with Crippen molar-refractivity contribution in [2.24, 2.45) is 11.7 Å². The minimum atomic E-state index is -0.505. The summed E-state index contributed by atoms with van der Waals surface area (Å²) in [7, 11) is 0. The van der Waals surface area contributed by atoms with E-state index < -0.39 is 5.91 Å². The third-order valence-corrected chi connectivity index (χ3v) is 4.19. The van der Waals surface area contributed by atoms with Gasteiger partial charge in [0.15, 0.2) is 0 Å². The van der Waals surface area contributed by atoms with Gasteiger partial charge in [0.1, 0.15) is 0 Å². The molecule has 1 saturated heterocycles. The summed E-state index contributed by atoms with van der Waals surface area (Å²) in [6, 6.07) is 6.15. The van der Waals surface area contributed by atoms with Gasteiger partial charge in [-0.05, 0) is 43.0 Å². The SMILES string of the molecule is CC(C)CC(=O)N1CCC(NC(=O)Nc2ccc(C(N)=O)cc2)CC1. The Morgan fingerprint density at radius 3 is 2.28 bits per heavy atom. The number of carbonyl (C=O) groups excluding carboxylic acids is 3. The van der Waals surface area contributed by atoms with E-state index in [0.717, 1.165) is 12.8 Å². The molecule has 1 aliphatic heterocycles. The topological polar surface area (TPSA) is 105 Å². The summed E-state index contributed by atoms with van der Waals surface area (Å²) in [5, 5.41) is 5.66. The van der Waals surface area contributed by atoms with Crippen LogP contribution in [-0.2, 0) is 4.79 Å². The largest absolute Gasteiger partial charge is 0.366 e. The van der Waals surface area contributed by atoms with E-state index in [2.05, 4.69) is 10.6 Å². The zero-order valence-electron chi connectivity index (χ0n) is 14.7. The molecule has 0 radical (unpaired) electrons. The molecule has 0 atom stereocenters. The molecular formula is C18H26N4O3. The van der Waals surface area contributed by atoms with Gasteiger partial charge in [0.25, 0.3) is 0 Å². The molecule has 1 aromatic carbocycles. The maximum absolute atomic E-state index is 12.1. The van der Waals surface area contributed by atoms with Crippen molar-refractivity contribution in [2.75, 3.05) is 18.4 Å². The number of carbonyl (C=O) groups is 3. The highest BCUT2D eigenvalue weighted by Gasteiger charge is 2.24. The second-order valence-corrected chi connectivity index (χ2v) is 6.79. The number of nitrogens with zero attached hydrogens (tertiary/aromatic N) is 1. The predicted molar refractivity (Wildman–Crippen MR) is 96.2 cm³/mol. The lowest BCUT2D eigenvalue weighted by Crippen LogP contribution is -2.47. The molecule has 136 valence electrons. The summed E-state index contributed by atoms with van der Waals surface area (Å²) in [6.45, 7) is 5.41. The second-order valence-electron chi connectivity index (χ2n) is 6.79. The molecule has 4 amide bonds. The zero-order chi connectivity index (χ0) is 18.4. The van der Waals surface area contributed by atoms with Gasteiger partial charge in [-0.15, -0.1) is 0 Å². The van der Waals surface area contributed by atoms with E-state index in [-0.39, 0.29) is 18.0 Å². The van der Waals surface area contributed by atoms with Gasteiger partial charge in [-0.1, -0.05) is 13.8 Å². The van der Waals surface area contributed by atoms with Gasteiger partial charge in [-0.25, -0.2) is 4.79 Å². The normalized spacial score (nSPS) is 15.1. The fourth-order valence-corrected chi connectivity index (χ4v) is 2.82. The van der Waals surface area contributed by atoms with Crippen molar-refractivity contribution < 1.29 is 14.4 Å². The molecule has 25 heavy (non-hydrogen) atoms. The molecule has 2 rings (SSSR count). The van der Waals surface area contributed by atoms with Crippen molar-refractivity contribution in [2.45, 2.75) is 39.2 Å². The Hall–Kier alpha value is -2.57. The highest BCUT2D eigenvalue weighted by molar-refractivity contribution is 5.94. The van der Waals surface area contributed by atoms with Crippen LogP contribution in [0.15, 0.2) is 24.3 Å². The van der Waals surface area contributed by atoms with Crippen molar-refractivity contribution in [1.82, 2.24) is 10.2 Å². The van der Waals surface area contributed by atoms with Gasteiger partial charge in [-0.2, -0.15) is 0 Å². The van der Waals surface area contributed by atoms with Crippen LogP contribution in [0.25, 0.3) is 0 Å². The number of anilines is 1. The van der Waals surface area contributed by atoms with Crippen LogP contribution >= 0.6 is 0 Å². The molecule has 1 heterocycles. The quantitative estimate of drug-likeness (QED) is 0.759. The molecule has 0 saturated carbocycles. The average molecular weight is 346 g/mol. The molecule has 0 aromatic heterocycles. The van der Waals surface area contributed by atoms with E-state index in [4.69, 9.17) is 5.73 Å². The van der Waals surface area contributed by atoms with E-state index in [9.17, 15) is 14.4 Å². The van der Waals surface area contributed by atoms with Crippen molar-refractivity contribution >= 4 is 23.5 Å². The van der Waals surface area contributed by atoms with Crippen LogP contribution in [0, 0.1) is 5.92 Å².